The number of nitrogens with one attached hydrogen (secondary N) is 2. The van der Waals surface area contributed by atoms with E-state index < -0.39 is 17.9 Å². The van der Waals surface area contributed by atoms with Gasteiger partial charge in [0.05, 0.1) is 0 Å². The van der Waals surface area contributed by atoms with Crippen LogP contribution in [0.5, 0.6) is 0 Å². The quantitative estimate of drug-likeness (QED) is 0.212. The molecule has 0 aliphatic carbocycles. The highest BCUT2D eigenvalue weighted by molar-refractivity contribution is 6.04. The third kappa shape index (κ3) is 5.00. The van der Waals surface area contributed by atoms with Gasteiger partial charge < -0.3 is 10.2 Å². The molecule has 2 aliphatic rings. The van der Waals surface area contributed by atoms with Crippen LogP contribution < -0.4 is 10.6 Å². The third-order valence-electron chi connectivity index (χ3n) is 4.76. The lowest BCUT2D eigenvalue weighted by molar-refractivity contribution is -0.220. The van der Waals surface area contributed by atoms with Crippen LogP contribution in [0.15, 0.2) is 24.8 Å². The Hall–Kier alpha value is -2.03. The van der Waals surface area contributed by atoms with Crippen molar-refractivity contribution in [3.8, 4) is 0 Å². The lowest BCUT2D eigenvalue weighted by atomic mass is 10.0. The predicted octanol–water partition coefficient (Wildman–Crippen LogP) is 0.325. The van der Waals surface area contributed by atoms with Crippen LogP contribution in [0.3, 0.4) is 0 Å². The first-order chi connectivity index (χ1) is 12.5. The van der Waals surface area contributed by atoms with Crippen molar-refractivity contribution in [2.24, 2.45) is 0 Å². The molecule has 2 fully saturated rings. The zero-order valence-corrected chi connectivity index (χ0v) is 15.3. The fraction of sp³-hybridized carbons (Fsp3) is 0.611. The highest BCUT2D eigenvalue weighted by atomic mass is 16.7. The lowest BCUT2D eigenvalue weighted by Crippen LogP contribution is -2.56. The monoisotopic (exact) mass is 364 g/mol. The normalized spacial score (nSPS) is 21.4. The molecule has 8 heteroatoms. The number of carbonyl (C=O) groups is 3. The molecule has 3 amide bonds. The minimum absolute atomic E-state index is 0.0737. The van der Waals surface area contributed by atoms with E-state index in [0.717, 1.165) is 25.9 Å². The minimum atomic E-state index is -0.761. The number of rotatable bonds is 8. The molecule has 0 spiro atoms. The maximum absolute atomic E-state index is 12.7. The summed E-state index contributed by atoms with van der Waals surface area (Å²) in [6, 6.07) is -0.494. The number of hydroxylamine groups is 2. The van der Waals surface area contributed by atoms with Gasteiger partial charge in [-0.25, -0.2) is 0 Å². The van der Waals surface area contributed by atoms with Crippen molar-refractivity contribution in [3.63, 3.8) is 0 Å². The van der Waals surface area contributed by atoms with Gasteiger partial charge in [-0.1, -0.05) is 26.2 Å². The van der Waals surface area contributed by atoms with Crippen LogP contribution in [-0.4, -0.2) is 66.1 Å². The van der Waals surface area contributed by atoms with Gasteiger partial charge >= 0.3 is 0 Å². The average Bonchev–Trinajstić information content (AvgIpc) is 2.66. The molecular weight excluding hydrogens is 336 g/mol. The van der Waals surface area contributed by atoms with E-state index in [-0.39, 0.29) is 37.1 Å². The van der Waals surface area contributed by atoms with Crippen molar-refractivity contribution in [1.82, 2.24) is 20.6 Å². The van der Waals surface area contributed by atoms with Crippen molar-refractivity contribution >= 4 is 17.7 Å². The molecule has 144 valence electrons. The fourth-order valence-electron chi connectivity index (χ4n) is 3.23. The van der Waals surface area contributed by atoms with Gasteiger partial charge in [-0.2, -0.15) is 5.06 Å². The lowest BCUT2D eigenvalue weighted by Gasteiger charge is -2.37. The summed E-state index contributed by atoms with van der Waals surface area (Å²) >= 11 is 0. The van der Waals surface area contributed by atoms with Crippen LogP contribution in [0.25, 0.3) is 0 Å². The number of imide groups is 1. The molecule has 0 saturated carbocycles. The Bertz CT molecular complexity index is 572. The Morgan fingerprint density at radius 2 is 2.00 bits per heavy atom. The van der Waals surface area contributed by atoms with Crippen LogP contribution >= 0.6 is 0 Å². The first-order valence-corrected chi connectivity index (χ1v) is 9.04. The predicted molar refractivity (Wildman–Crippen MR) is 96.6 cm³/mol. The van der Waals surface area contributed by atoms with Crippen molar-refractivity contribution in [2.75, 3.05) is 26.4 Å². The Morgan fingerprint density at radius 1 is 1.31 bits per heavy atom. The number of hydrogen-bond donors (Lipinski definition) is 2. The molecule has 0 aromatic rings. The van der Waals surface area contributed by atoms with Crippen LogP contribution in [0, 0.1) is 0 Å². The summed E-state index contributed by atoms with van der Waals surface area (Å²) in [7, 11) is 0. The second kappa shape index (κ2) is 9.61. The van der Waals surface area contributed by atoms with E-state index in [0.29, 0.717) is 6.54 Å². The topological polar surface area (TPSA) is 91.0 Å². The molecule has 1 atom stereocenters. The summed E-state index contributed by atoms with van der Waals surface area (Å²) < 4.78 is 0. The highest BCUT2D eigenvalue weighted by Crippen LogP contribution is 2.18. The van der Waals surface area contributed by atoms with Crippen molar-refractivity contribution in [3.05, 3.63) is 24.8 Å². The van der Waals surface area contributed by atoms with E-state index in [1.165, 1.54) is 11.0 Å². The fourth-order valence-corrected chi connectivity index (χ4v) is 3.23. The molecule has 2 heterocycles. The Labute approximate surface area is 154 Å². The second-order valence-electron chi connectivity index (χ2n) is 6.44. The van der Waals surface area contributed by atoms with E-state index in [1.807, 2.05) is 12.0 Å². The van der Waals surface area contributed by atoms with Gasteiger partial charge in [0, 0.05) is 24.6 Å². The first-order valence-electron chi connectivity index (χ1n) is 9.04. The Morgan fingerprint density at radius 3 is 2.58 bits per heavy atom. The molecular formula is C18H28N4O4. The van der Waals surface area contributed by atoms with E-state index in [2.05, 4.69) is 23.8 Å². The van der Waals surface area contributed by atoms with E-state index in [1.54, 1.807) is 0 Å². The highest BCUT2D eigenvalue weighted by Gasteiger charge is 2.35. The largest absolute Gasteiger partial charge is 0.317 e. The van der Waals surface area contributed by atoms with Gasteiger partial charge in [0.2, 0.25) is 11.8 Å². The molecule has 0 radical (unpaired) electrons. The average molecular weight is 364 g/mol. The van der Waals surface area contributed by atoms with Crippen molar-refractivity contribution in [1.29, 1.82) is 0 Å². The summed E-state index contributed by atoms with van der Waals surface area (Å²) in [6.07, 6.45) is 3.72. The van der Waals surface area contributed by atoms with Gasteiger partial charge in [-0.3, -0.25) is 24.5 Å². The molecule has 0 bridgehead atoms. The summed E-state index contributed by atoms with van der Waals surface area (Å²) in [5.74, 6) is -1.23. The zero-order valence-electron chi connectivity index (χ0n) is 15.3. The first kappa shape index (κ1) is 20.3. The molecule has 1 unspecified atom stereocenters. The van der Waals surface area contributed by atoms with Crippen molar-refractivity contribution in [2.45, 2.75) is 44.7 Å². The van der Waals surface area contributed by atoms with E-state index >= 15 is 0 Å². The van der Waals surface area contributed by atoms with E-state index in [9.17, 15) is 14.4 Å². The molecule has 0 aromatic carbocycles. The maximum Gasteiger partial charge on any atom is 0.255 e. The third-order valence-corrected chi connectivity index (χ3v) is 4.76. The minimum Gasteiger partial charge on any atom is -0.317 e. The number of nitrogens with zero attached hydrogens (tertiary/aromatic N) is 2. The summed E-state index contributed by atoms with van der Waals surface area (Å²) in [4.78, 5) is 43.5. The van der Waals surface area contributed by atoms with Crippen molar-refractivity contribution < 1.29 is 19.2 Å². The molecule has 2 rings (SSSR count). The summed E-state index contributed by atoms with van der Waals surface area (Å²) in [5, 5.41) is 7.45. The maximum atomic E-state index is 12.7. The summed E-state index contributed by atoms with van der Waals surface area (Å²) in [6.45, 7) is 11.7. The van der Waals surface area contributed by atoms with Crippen LogP contribution in [0.1, 0.15) is 32.6 Å². The standard InChI is InChI=1S/C18H28N4O4/c1-4-13(3)18(25)21(15-6-7-16(23)20-17(15)24)12-26-22(5-2)14-8-10-19-11-9-14/h4,14-15,19H,1,3,5-12H2,2H3,(H,20,23,24). The Balaban J connectivity index is 2.08. The van der Waals surface area contributed by atoms with Gasteiger partial charge in [0.1, 0.15) is 12.8 Å². The van der Waals surface area contributed by atoms with Crippen LogP contribution in [0.4, 0.5) is 0 Å². The SMILES string of the molecule is C=CC(=C)C(=O)N(CON(CC)C1CCNCC1)C1CCC(=O)NC1=O. The molecule has 2 N–H and O–H groups in total. The van der Waals surface area contributed by atoms with Crippen LogP contribution in [-0.2, 0) is 19.2 Å². The number of carbonyl (C=O) groups excluding carboxylic acids is 3. The molecule has 0 aromatic heterocycles. The van der Waals surface area contributed by atoms with Gasteiger partial charge in [0.15, 0.2) is 0 Å². The number of amides is 3. The Kier molecular flexibility index (Phi) is 7.50. The van der Waals surface area contributed by atoms with Crippen LogP contribution in [0.2, 0.25) is 0 Å². The zero-order chi connectivity index (χ0) is 19.1. The van der Waals surface area contributed by atoms with E-state index in [4.69, 9.17) is 4.84 Å². The van der Waals surface area contributed by atoms with Gasteiger partial charge in [-0.15, -0.1) is 0 Å². The molecule has 2 saturated heterocycles. The number of piperidine rings is 2. The molecule has 26 heavy (non-hydrogen) atoms. The molecule has 8 nitrogen and oxygen atoms in total. The van der Waals surface area contributed by atoms with Gasteiger partial charge in [-0.05, 0) is 32.4 Å². The van der Waals surface area contributed by atoms with Gasteiger partial charge in [0.25, 0.3) is 5.91 Å². The number of hydrogen-bond acceptors (Lipinski definition) is 6. The smallest absolute Gasteiger partial charge is 0.255 e. The molecule has 2 aliphatic heterocycles. The second-order valence-corrected chi connectivity index (χ2v) is 6.44. The summed E-state index contributed by atoms with van der Waals surface area (Å²) in [5.41, 5.74) is 0.184.